The van der Waals surface area contributed by atoms with Gasteiger partial charge in [-0.1, -0.05) is 0 Å². The van der Waals surface area contributed by atoms with Crippen molar-refractivity contribution in [3.63, 3.8) is 0 Å². The van der Waals surface area contributed by atoms with Crippen LogP contribution in [0, 0.1) is 0 Å². The number of hydrogen-bond acceptors (Lipinski definition) is 6. The summed E-state index contributed by atoms with van der Waals surface area (Å²) < 4.78 is 36.1. The van der Waals surface area contributed by atoms with E-state index in [9.17, 15) is 18.1 Å². The fraction of sp³-hybridized carbons (Fsp3) is 1.00. The Morgan fingerprint density at radius 3 is 2.50 bits per heavy atom. The van der Waals surface area contributed by atoms with E-state index in [1.165, 1.54) is 0 Å². The Labute approximate surface area is 83.2 Å². The number of rotatable bonds is 4. The van der Waals surface area contributed by atoms with Gasteiger partial charge in [-0.3, -0.25) is 4.90 Å². The van der Waals surface area contributed by atoms with Gasteiger partial charge >= 0.3 is 0 Å². The lowest BCUT2D eigenvalue weighted by molar-refractivity contribution is 0.0184. The molecule has 1 saturated heterocycles. The molecule has 1 N–H and O–H groups in total. The largest absolute Gasteiger partial charge is 0.748 e. The van der Waals surface area contributed by atoms with E-state index >= 15 is 0 Å². The monoisotopic (exact) mass is 224 g/mol. The Balaban J connectivity index is 2.28. The normalized spacial score (nSPS) is 22.1. The molecule has 0 saturated carbocycles. The second-order valence-corrected chi connectivity index (χ2v) is 4.74. The van der Waals surface area contributed by atoms with E-state index in [0.29, 0.717) is 26.3 Å². The van der Waals surface area contributed by atoms with Crippen LogP contribution in [0.1, 0.15) is 0 Å². The topological polar surface area (TPSA) is 89.9 Å². The highest BCUT2D eigenvalue weighted by atomic mass is 32.2. The molecule has 1 rings (SSSR count). The standard InChI is InChI=1S/C7H15NO5S/c9-7(6-14(10,11)12)5-8-1-3-13-4-2-8/h7,9H,1-6H2,(H,10,11,12)/p-1/t7-/m0/s1. The van der Waals surface area contributed by atoms with Gasteiger partial charge in [0.05, 0.1) is 35.2 Å². The average molecular weight is 224 g/mol. The van der Waals surface area contributed by atoms with Crippen LogP contribution in [-0.2, 0) is 14.9 Å². The molecule has 1 fully saturated rings. The second kappa shape index (κ2) is 5.04. The van der Waals surface area contributed by atoms with E-state index in [0.717, 1.165) is 0 Å². The van der Waals surface area contributed by atoms with Crippen molar-refractivity contribution in [3.8, 4) is 0 Å². The van der Waals surface area contributed by atoms with Gasteiger partial charge in [-0.15, -0.1) is 0 Å². The highest BCUT2D eigenvalue weighted by molar-refractivity contribution is 7.85. The first-order valence-electron chi connectivity index (χ1n) is 4.39. The number of aliphatic hydroxyl groups is 1. The fourth-order valence-electron chi connectivity index (χ4n) is 1.37. The summed E-state index contributed by atoms with van der Waals surface area (Å²) in [7, 11) is -4.33. The second-order valence-electron chi connectivity index (χ2n) is 3.29. The molecule has 0 aliphatic carbocycles. The first-order chi connectivity index (χ1) is 6.47. The molecule has 1 aliphatic rings. The lowest BCUT2D eigenvalue weighted by atomic mass is 10.3. The maximum Gasteiger partial charge on any atom is 0.0972 e. The van der Waals surface area contributed by atoms with Crippen LogP contribution >= 0.6 is 0 Å². The van der Waals surface area contributed by atoms with Gasteiger partial charge in [-0.05, 0) is 0 Å². The third kappa shape index (κ3) is 4.87. The molecular formula is C7H14NO5S-. The van der Waals surface area contributed by atoms with Crippen LogP contribution in [0.25, 0.3) is 0 Å². The molecule has 6 nitrogen and oxygen atoms in total. The molecule has 1 atom stereocenters. The van der Waals surface area contributed by atoms with Gasteiger partial charge in [-0.25, -0.2) is 8.42 Å². The molecule has 7 heteroatoms. The van der Waals surface area contributed by atoms with E-state index in [1.807, 2.05) is 4.90 Å². The highest BCUT2D eigenvalue weighted by Crippen LogP contribution is 2.00. The molecule has 0 bridgehead atoms. The highest BCUT2D eigenvalue weighted by Gasteiger charge is 2.16. The van der Waals surface area contributed by atoms with Crippen LogP contribution in [0.2, 0.25) is 0 Å². The molecular weight excluding hydrogens is 210 g/mol. The number of ether oxygens (including phenoxy) is 1. The van der Waals surface area contributed by atoms with E-state index < -0.39 is 22.0 Å². The van der Waals surface area contributed by atoms with Gasteiger partial charge < -0.3 is 14.4 Å². The molecule has 14 heavy (non-hydrogen) atoms. The smallest absolute Gasteiger partial charge is 0.0972 e. The van der Waals surface area contributed by atoms with Gasteiger partial charge in [0.2, 0.25) is 0 Å². The summed E-state index contributed by atoms with van der Waals surface area (Å²) in [6.45, 7) is 2.70. The Hall–Kier alpha value is -0.210. The van der Waals surface area contributed by atoms with Gasteiger partial charge in [0.25, 0.3) is 0 Å². The van der Waals surface area contributed by atoms with Crippen molar-refractivity contribution >= 4 is 10.1 Å². The van der Waals surface area contributed by atoms with Crippen LogP contribution in [0.15, 0.2) is 0 Å². The summed E-state index contributed by atoms with van der Waals surface area (Å²) in [5, 5.41) is 9.28. The van der Waals surface area contributed by atoms with Crippen molar-refractivity contribution in [3.05, 3.63) is 0 Å². The predicted octanol–water partition coefficient (Wildman–Crippen LogP) is -1.78. The van der Waals surface area contributed by atoms with Gasteiger partial charge in [0, 0.05) is 19.6 Å². The molecule has 0 aromatic rings. The minimum absolute atomic E-state index is 0.213. The molecule has 0 aromatic heterocycles. The molecule has 0 aromatic carbocycles. The maximum absolute atomic E-state index is 10.3. The summed E-state index contributed by atoms with van der Waals surface area (Å²) in [6, 6.07) is 0. The molecule has 0 spiro atoms. The van der Waals surface area contributed by atoms with Crippen molar-refractivity contribution in [2.45, 2.75) is 6.10 Å². The first-order valence-corrected chi connectivity index (χ1v) is 5.97. The third-order valence-corrected chi connectivity index (χ3v) is 2.76. The SMILES string of the molecule is O=S(=O)([O-])C[C@@H](O)CN1CCOCC1. The van der Waals surface area contributed by atoms with Gasteiger partial charge in [-0.2, -0.15) is 0 Å². The zero-order chi connectivity index (χ0) is 10.6. The number of nitrogens with zero attached hydrogens (tertiary/aromatic N) is 1. The zero-order valence-corrected chi connectivity index (χ0v) is 8.57. The zero-order valence-electron chi connectivity index (χ0n) is 7.76. The molecule has 0 radical (unpaired) electrons. The average Bonchev–Trinajstić information content (AvgIpc) is 2.02. The van der Waals surface area contributed by atoms with E-state index in [1.54, 1.807) is 0 Å². The van der Waals surface area contributed by atoms with Crippen molar-refractivity contribution in [2.75, 3.05) is 38.6 Å². The summed E-state index contributed by atoms with van der Waals surface area (Å²) in [5.41, 5.74) is 0. The van der Waals surface area contributed by atoms with Crippen LogP contribution in [-0.4, -0.2) is 67.7 Å². The lowest BCUT2D eigenvalue weighted by Gasteiger charge is -2.28. The summed E-state index contributed by atoms with van der Waals surface area (Å²) in [5.74, 6) is -0.718. The van der Waals surface area contributed by atoms with E-state index in [4.69, 9.17) is 4.74 Å². The first kappa shape index (κ1) is 11.9. The quantitative estimate of drug-likeness (QED) is 0.568. The van der Waals surface area contributed by atoms with Crippen LogP contribution in [0.4, 0.5) is 0 Å². The molecule has 84 valence electrons. The third-order valence-electron chi connectivity index (χ3n) is 1.97. The van der Waals surface area contributed by atoms with Crippen LogP contribution in [0.3, 0.4) is 0 Å². The Morgan fingerprint density at radius 2 is 2.00 bits per heavy atom. The summed E-state index contributed by atoms with van der Waals surface area (Å²) >= 11 is 0. The molecule has 1 aliphatic heterocycles. The van der Waals surface area contributed by atoms with E-state index in [2.05, 4.69) is 0 Å². The number of hydrogen-bond donors (Lipinski definition) is 1. The minimum atomic E-state index is -4.33. The summed E-state index contributed by atoms with van der Waals surface area (Å²) in [4.78, 5) is 1.87. The maximum atomic E-state index is 10.3. The predicted molar refractivity (Wildman–Crippen MR) is 47.8 cm³/mol. The number of β-amino-alcohol motifs (C(OH)–C–C–N with tert-alkyl or cyclic N) is 1. The van der Waals surface area contributed by atoms with Crippen LogP contribution in [0.5, 0.6) is 0 Å². The Morgan fingerprint density at radius 1 is 1.43 bits per heavy atom. The van der Waals surface area contributed by atoms with Crippen molar-refractivity contribution in [2.24, 2.45) is 0 Å². The molecule has 0 unspecified atom stereocenters. The van der Waals surface area contributed by atoms with Crippen molar-refractivity contribution in [1.82, 2.24) is 4.90 Å². The number of aliphatic hydroxyl groups excluding tert-OH is 1. The number of morpholine rings is 1. The van der Waals surface area contributed by atoms with E-state index in [-0.39, 0.29) is 6.54 Å². The van der Waals surface area contributed by atoms with Crippen molar-refractivity contribution < 1.29 is 22.8 Å². The van der Waals surface area contributed by atoms with Crippen molar-refractivity contribution in [1.29, 1.82) is 0 Å². The minimum Gasteiger partial charge on any atom is -0.748 e. The lowest BCUT2D eigenvalue weighted by Crippen LogP contribution is -2.42. The van der Waals surface area contributed by atoms with Gasteiger partial charge in [0.15, 0.2) is 0 Å². The Kier molecular flexibility index (Phi) is 4.27. The molecule has 0 amide bonds. The van der Waals surface area contributed by atoms with Crippen LogP contribution < -0.4 is 0 Å². The fourth-order valence-corrected chi connectivity index (χ4v) is 1.95. The molecule has 1 heterocycles. The Bertz CT molecular complexity index is 259. The summed E-state index contributed by atoms with van der Waals surface area (Å²) in [6.07, 6.45) is -1.10. The van der Waals surface area contributed by atoms with Gasteiger partial charge in [0.1, 0.15) is 0 Å².